The van der Waals surface area contributed by atoms with E-state index >= 15 is 0 Å². The Morgan fingerprint density at radius 1 is 1.22 bits per heavy atom. The molecule has 7 nitrogen and oxygen atoms in total. The lowest BCUT2D eigenvalue weighted by Crippen LogP contribution is -2.22. The number of nitrogens with zero attached hydrogens (tertiary/aromatic N) is 6. The number of rotatable bonds is 3. The van der Waals surface area contributed by atoms with E-state index in [-0.39, 0.29) is 11.8 Å². The van der Waals surface area contributed by atoms with Crippen molar-refractivity contribution in [1.82, 2.24) is 29.3 Å². The fourth-order valence-corrected chi connectivity index (χ4v) is 2.44. The van der Waals surface area contributed by atoms with Crippen molar-refractivity contribution in [1.29, 1.82) is 0 Å². The number of carbonyl (C=O) groups is 1. The molecule has 3 aromatic heterocycles. The molecule has 0 bridgehead atoms. The number of hydrogen-bond donors (Lipinski definition) is 0. The van der Waals surface area contributed by atoms with Gasteiger partial charge in [-0.2, -0.15) is 5.10 Å². The van der Waals surface area contributed by atoms with Gasteiger partial charge in [0.1, 0.15) is 17.5 Å². The summed E-state index contributed by atoms with van der Waals surface area (Å²) in [5, 5.41) is 4.25. The smallest absolute Gasteiger partial charge is 0.233 e. The molecule has 0 aliphatic heterocycles. The van der Waals surface area contributed by atoms with Gasteiger partial charge in [0.25, 0.3) is 0 Å². The number of fused-ring (bicyclic) bond motifs is 1. The lowest BCUT2D eigenvalue weighted by molar-refractivity contribution is 0.0854. The summed E-state index contributed by atoms with van der Waals surface area (Å²) in [7, 11) is 0. The summed E-state index contributed by atoms with van der Waals surface area (Å²) in [6, 6.07) is 1.95. The molecule has 3 heterocycles. The van der Waals surface area contributed by atoms with E-state index in [1.165, 1.54) is 6.33 Å². The van der Waals surface area contributed by atoms with Gasteiger partial charge in [-0.3, -0.25) is 9.36 Å². The maximum absolute atomic E-state index is 12.7. The molecule has 0 fully saturated rings. The summed E-state index contributed by atoms with van der Waals surface area (Å²) in [6.07, 6.45) is 4.93. The Morgan fingerprint density at radius 2 is 1.96 bits per heavy atom. The topological polar surface area (TPSA) is 78.5 Å². The van der Waals surface area contributed by atoms with E-state index in [1.54, 1.807) is 10.9 Å². The molecule has 0 amide bonds. The first kappa shape index (κ1) is 15.3. The van der Waals surface area contributed by atoms with Gasteiger partial charge in [0.2, 0.25) is 5.95 Å². The SMILES string of the molecule is CC(C)n1c(-n2cccn2)nc2c(C(=O)C(C)(C)C)ncnc21. The second-order valence-corrected chi connectivity index (χ2v) is 6.80. The molecule has 0 unspecified atom stereocenters. The van der Waals surface area contributed by atoms with E-state index < -0.39 is 5.41 Å². The van der Waals surface area contributed by atoms with Crippen molar-refractivity contribution in [3.05, 3.63) is 30.5 Å². The maximum Gasteiger partial charge on any atom is 0.233 e. The third kappa shape index (κ3) is 2.52. The van der Waals surface area contributed by atoms with Gasteiger partial charge in [0.05, 0.1) is 0 Å². The van der Waals surface area contributed by atoms with Crippen molar-refractivity contribution in [2.45, 2.75) is 40.7 Å². The molecule has 0 N–H and O–H groups in total. The maximum atomic E-state index is 12.7. The molecular formula is C16H20N6O. The Bertz CT molecular complexity index is 855. The van der Waals surface area contributed by atoms with Crippen LogP contribution >= 0.6 is 0 Å². The van der Waals surface area contributed by atoms with Crippen LogP contribution in [0.15, 0.2) is 24.8 Å². The molecule has 3 rings (SSSR count). The molecule has 0 spiro atoms. The molecular weight excluding hydrogens is 292 g/mol. The average molecular weight is 312 g/mol. The number of ketones is 1. The monoisotopic (exact) mass is 312 g/mol. The summed E-state index contributed by atoms with van der Waals surface area (Å²) in [4.78, 5) is 25.9. The van der Waals surface area contributed by atoms with Crippen molar-refractivity contribution in [2.75, 3.05) is 0 Å². The van der Waals surface area contributed by atoms with Crippen LogP contribution in [0.4, 0.5) is 0 Å². The summed E-state index contributed by atoms with van der Waals surface area (Å²) in [6.45, 7) is 9.70. The highest BCUT2D eigenvalue weighted by molar-refractivity contribution is 6.06. The number of hydrogen-bond acceptors (Lipinski definition) is 5. The molecule has 0 saturated heterocycles. The number of aromatic nitrogens is 6. The van der Waals surface area contributed by atoms with Crippen molar-refractivity contribution < 1.29 is 4.79 Å². The molecule has 0 aliphatic rings. The second kappa shape index (κ2) is 5.26. The largest absolute Gasteiger partial charge is 0.292 e. The first-order valence-electron chi connectivity index (χ1n) is 7.58. The summed E-state index contributed by atoms with van der Waals surface area (Å²) >= 11 is 0. The van der Waals surface area contributed by atoms with E-state index in [1.807, 2.05) is 51.4 Å². The fraction of sp³-hybridized carbons (Fsp3) is 0.438. The minimum Gasteiger partial charge on any atom is -0.292 e. The number of carbonyl (C=O) groups excluding carboxylic acids is 1. The van der Waals surface area contributed by atoms with E-state index in [0.717, 1.165) is 0 Å². The Hall–Kier alpha value is -2.57. The zero-order chi connectivity index (χ0) is 16.8. The van der Waals surface area contributed by atoms with Gasteiger partial charge >= 0.3 is 0 Å². The van der Waals surface area contributed by atoms with Gasteiger partial charge < -0.3 is 0 Å². The molecule has 0 atom stereocenters. The minimum absolute atomic E-state index is 0.0506. The summed E-state index contributed by atoms with van der Waals surface area (Å²) in [5.74, 6) is 0.578. The predicted octanol–water partition coefficient (Wildman–Crippen LogP) is 2.82. The number of imidazole rings is 1. The normalized spacial score (nSPS) is 12.3. The molecule has 7 heteroatoms. The molecule has 3 aromatic rings. The molecule has 120 valence electrons. The van der Waals surface area contributed by atoms with Crippen LogP contribution < -0.4 is 0 Å². The predicted molar refractivity (Wildman–Crippen MR) is 86.6 cm³/mol. The lowest BCUT2D eigenvalue weighted by Gasteiger charge is -2.15. The first-order chi connectivity index (χ1) is 10.8. The minimum atomic E-state index is -0.533. The highest BCUT2D eigenvalue weighted by atomic mass is 16.1. The average Bonchev–Trinajstić information content (AvgIpc) is 3.11. The van der Waals surface area contributed by atoms with Crippen LogP contribution in [0.5, 0.6) is 0 Å². The highest BCUT2D eigenvalue weighted by Gasteiger charge is 2.29. The van der Waals surface area contributed by atoms with Crippen LogP contribution in [0.25, 0.3) is 17.1 Å². The molecule has 0 saturated carbocycles. The van der Waals surface area contributed by atoms with E-state index in [0.29, 0.717) is 22.8 Å². The molecule has 0 radical (unpaired) electrons. The van der Waals surface area contributed by atoms with Gasteiger partial charge in [-0.1, -0.05) is 20.8 Å². The third-order valence-electron chi connectivity index (χ3n) is 3.58. The van der Waals surface area contributed by atoms with E-state index in [4.69, 9.17) is 0 Å². The second-order valence-electron chi connectivity index (χ2n) is 6.80. The Labute approximate surface area is 134 Å². The summed E-state index contributed by atoms with van der Waals surface area (Å²) in [5.41, 5.74) is 0.990. The Balaban J connectivity index is 2.32. The molecule has 0 aromatic carbocycles. The van der Waals surface area contributed by atoms with Crippen LogP contribution in [-0.2, 0) is 0 Å². The van der Waals surface area contributed by atoms with Crippen LogP contribution in [0.1, 0.15) is 51.1 Å². The van der Waals surface area contributed by atoms with Gasteiger partial charge in [0.15, 0.2) is 11.4 Å². The van der Waals surface area contributed by atoms with Crippen LogP contribution in [0, 0.1) is 5.41 Å². The zero-order valence-corrected chi connectivity index (χ0v) is 14.0. The quantitative estimate of drug-likeness (QED) is 0.695. The van der Waals surface area contributed by atoms with Crippen LogP contribution in [-0.4, -0.2) is 35.1 Å². The first-order valence-corrected chi connectivity index (χ1v) is 7.58. The summed E-state index contributed by atoms with van der Waals surface area (Å²) < 4.78 is 3.64. The Morgan fingerprint density at radius 3 is 2.52 bits per heavy atom. The number of Topliss-reactive ketones (excluding diaryl/α,β-unsaturated/α-hetero) is 1. The van der Waals surface area contributed by atoms with Crippen LogP contribution in [0.3, 0.4) is 0 Å². The molecule has 23 heavy (non-hydrogen) atoms. The lowest BCUT2D eigenvalue weighted by atomic mass is 9.88. The standard InChI is InChI=1S/C16H20N6O/c1-10(2)22-14-12(20-15(22)21-8-6-7-19-21)11(17-9-18-14)13(23)16(3,4)5/h6-10H,1-5H3. The van der Waals surface area contributed by atoms with Crippen molar-refractivity contribution >= 4 is 16.9 Å². The van der Waals surface area contributed by atoms with Crippen molar-refractivity contribution in [2.24, 2.45) is 5.41 Å². The van der Waals surface area contributed by atoms with Crippen molar-refractivity contribution in [3.8, 4) is 5.95 Å². The van der Waals surface area contributed by atoms with E-state index in [9.17, 15) is 4.79 Å². The van der Waals surface area contributed by atoms with Crippen molar-refractivity contribution in [3.63, 3.8) is 0 Å². The fourth-order valence-electron chi connectivity index (χ4n) is 2.44. The zero-order valence-electron chi connectivity index (χ0n) is 14.0. The Kier molecular flexibility index (Phi) is 3.50. The highest BCUT2D eigenvalue weighted by Crippen LogP contribution is 2.27. The molecule has 0 aliphatic carbocycles. The van der Waals surface area contributed by atoms with Gasteiger partial charge in [-0.25, -0.2) is 19.6 Å². The van der Waals surface area contributed by atoms with Gasteiger partial charge in [-0.15, -0.1) is 0 Å². The third-order valence-corrected chi connectivity index (χ3v) is 3.58. The van der Waals surface area contributed by atoms with E-state index in [2.05, 4.69) is 20.1 Å². The van der Waals surface area contributed by atoms with Gasteiger partial charge in [-0.05, 0) is 19.9 Å². The van der Waals surface area contributed by atoms with Gasteiger partial charge in [0, 0.05) is 23.9 Å². The van der Waals surface area contributed by atoms with Crippen LogP contribution in [0.2, 0.25) is 0 Å².